The summed E-state index contributed by atoms with van der Waals surface area (Å²) in [6.45, 7) is 4.50. The molecule has 8 aromatic carbocycles. The fraction of sp³-hybridized carbons (Fsp3) is 0.0208. The molecule has 0 bridgehead atoms. The molecule has 0 radical (unpaired) electrons. The molecular formula is C48H33N3O. The molecule has 0 aliphatic carbocycles. The van der Waals surface area contributed by atoms with Gasteiger partial charge in [0.25, 0.3) is 0 Å². The zero-order chi connectivity index (χ0) is 34.9. The number of aliphatic imine (C=N–C) groups is 3. The minimum absolute atomic E-state index is 0.469. The molecule has 0 saturated carbocycles. The van der Waals surface area contributed by atoms with Gasteiger partial charge in [-0.05, 0) is 80.3 Å². The number of amidine groups is 2. The maximum absolute atomic E-state index is 6.47. The van der Waals surface area contributed by atoms with E-state index >= 15 is 0 Å². The average molecular weight is 668 g/mol. The van der Waals surface area contributed by atoms with Crippen LogP contribution in [-0.2, 0) is 6.54 Å². The third-order valence-corrected chi connectivity index (χ3v) is 9.66. The van der Waals surface area contributed by atoms with E-state index in [1.165, 1.54) is 27.1 Å². The molecule has 4 nitrogen and oxygen atoms in total. The molecule has 0 fully saturated rings. The molecule has 4 heteroatoms. The number of benzene rings is 8. The van der Waals surface area contributed by atoms with Crippen LogP contribution in [0.5, 0.6) is 0 Å². The van der Waals surface area contributed by atoms with Crippen molar-refractivity contribution in [3.8, 4) is 22.3 Å². The molecule has 246 valence electrons. The average Bonchev–Trinajstić information content (AvgIpc) is 3.59. The number of rotatable bonds is 6. The summed E-state index contributed by atoms with van der Waals surface area (Å²) in [6.07, 6.45) is 0. The fourth-order valence-electron chi connectivity index (χ4n) is 7.06. The van der Waals surface area contributed by atoms with Crippen molar-refractivity contribution in [3.63, 3.8) is 0 Å². The van der Waals surface area contributed by atoms with Crippen LogP contribution in [0.2, 0.25) is 0 Å². The van der Waals surface area contributed by atoms with Gasteiger partial charge < -0.3 is 4.42 Å². The van der Waals surface area contributed by atoms with Gasteiger partial charge in [0, 0.05) is 21.9 Å². The standard InChI is InChI=1S/C48H33N3O/c1-49-48(43-29-39(38-27-22-33-14-5-6-16-37(33)28-38)30-45-46(43)42-19-9-10-21-44(42)52-45)51-47(50-31-32-12-3-2-4-13-32)36-25-23-35(24-26-36)41-20-11-17-34-15-7-8-18-40(34)41/h2-30H,1,31H2/b50-47-,51-48-. The fourth-order valence-corrected chi connectivity index (χ4v) is 7.06. The maximum Gasteiger partial charge on any atom is 0.161 e. The Hall–Kier alpha value is -6.91. The van der Waals surface area contributed by atoms with E-state index in [9.17, 15) is 0 Å². The lowest BCUT2D eigenvalue weighted by molar-refractivity contribution is 0.669. The molecule has 0 aliphatic heterocycles. The van der Waals surface area contributed by atoms with Crippen molar-refractivity contribution in [2.75, 3.05) is 0 Å². The third kappa shape index (κ3) is 5.86. The van der Waals surface area contributed by atoms with Gasteiger partial charge in [-0.15, -0.1) is 0 Å². The van der Waals surface area contributed by atoms with Crippen LogP contribution >= 0.6 is 0 Å². The Morgan fingerprint density at radius 2 is 1.19 bits per heavy atom. The van der Waals surface area contributed by atoms with E-state index < -0.39 is 0 Å². The molecule has 9 rings (SSSR count). The topological polar surface area (TPSA) is 50.2 Å². The predicted molar refractivity (Wildman–Crippen MR) is 219 cm³/mol. The molecule has 0 N–H and O–H groups in total. The molecule has 1 heterocycles. The van der Waals surface area contributed by atoms with E-state index in [1.807, 2.05) is 36.4 Å². The zero-order valence-electron chi connectivity index (χ0n) is 28.4. The van der Waals surface area contributed by atoms with Gasteiger partial charge in [0.1, 0.15) is 11.2 Å². The van der Waals surface area contributed by atoms with Crippen molar-refractivity contribution in [2.24, 2.45) is 15.0 Å². The summed E-state index contributed by atoms with van der Waals surface area (Å²) in [5.74, 6) is 1.05. The van der Waals surface area contributed by atoms with Crippen molar-refractivity contribution in [2.45, 2.75) is 6.54 Å². The van der Waals surface area contributed by atoms with Gasteiger partial charge in [-0.25, -0.2) is 9.98 Å². The smallest absolute Gasteiger partial charge is 0.161 e. The Morgan fingerprint density at radius 1 is 0.500 bits per heavy atom. The number of nitrogens with zero attached hydrogens (tertiary/aromatic N) is 3. The van der Waals surface area contributed by atoms with Crippen molar-refractivity contribution in [1.29, 1.82) is 0 Å². The Balaban J connectivity index is 1.21. The first-order chi connectivity index (χ1) is 25.7. The summed E-state index contributed by atoms with van der Waals surface area (Å²) in [5, 5.41) is 6.73. The molecule has 0 amide bonds. The number of hydrogen-bond donors (Lipinski definition) is 0. The molecule has 0 aliphatic rings. The van der Waals surface area contributed by atoms with Crippen molar-refractivity contribution < 1.29 is 4.42 Å². The summed E-state index contributed by atoms with van der Waals surface area (Å²) in [7, 11) is 0. The quantitative estimate of drug-likeness (QED) is 0.129. The zero-order valence-corrected chi connectivity index (χ0v) is 28.4. The van der Waals surface area contributed by atoms with Crippen LogP contribution in [0.25, 0.3) is 65.7 Å². The number of fused-ring (bicyclic) bond motifs is 5. The molecular weight excluding hydrogens is 635 g/mol. The number of hydrogen-bond acceptors (Lipinski definition) is 2. The lowest BCUT2D eigenvalue weighted by Crippen LogP contribution is -2.06. The highest BCUT2D eigenvalue weighted by Gasteiger charge is 2.18. The minimum Gasteiger partial charge on any atom is -0.456 e. The lowest BCUT2D eigenvalue weighted by atomic mass is 9.96. The normalized spacial score (nSPS) is 12.2. The first-order valence-electron chi connectivity index (χ1n) is 17.4. The van der Waals surface area contributed by atoms with E-state index in [2.05, 4.69) is 151 Å². The second-order valence-corrected chi connectivity index (χ2v) is 12.9. The molecule has 9 aromatic rings. The van der Waals surface area contributed by atoms with Crippen LogP contribution in [-0.4, -0.2) is 18.4 Å². The monoisotopic (exact) mass is 667 g/mol. The Labute approximate surface area is 301 Å². The van der Waals surface area contributed by atoms with E-state index in [-0.39, 0.29) is 0 Å². The largest absolute Gasteiger partial charge is 0.456 e. The summed E-state index contributed by atoms with van der Waals surface area (Å²) >= 11 is 0. The summed E-state index contributed by atoms with van der Waals surface area (Å²) in [6, 6.07) is 60.9. The first kappa shape index (κ1) is 31.1. The highest BCUT2D eigenvalue weighted by atomic mass is 16.3. The van der Waals surface area contributed by atoms with E-state index in [0.29, 0.717) is 18.2 Å². The van der Waals surface area contributed by atoms with Gasteiger partial charge in [-0.3, -0.25) is 4.99 Å². The van der Waals surface area contributed by atoms with Gasteiger partial charge >= 0.3 is 0 Å². The Morgan fingerprint density at radius 3 is 2.02 bits per heavy atom. The van der Waals surface area contributed by atoms with Gasteiger partial charge in [0.05, 0.1) is 6.54 Å². The molecule has 0 unspecified atom stereocenters. The van der Waals surface area contributed by atoms with Crippen LogP contribution in [0.1, 0.15) is 16.7 Å². The van der Waals surface area contributed by atoms with Gasteiger partial charge in [-0.2, -0.15) is 0 Å². The number of furan rings is 1. The van der Waals surface area contributed by atoms with Crippen molar-refractivity contribution in [3.05, 3.63) is 193 Å². The molecule has 0 saturated heterocycles. The van der Waals surface area contributed by atoms with Crippen LogP contribution in [0.4, 0.5) is 0 Å². The second kappa shape index (κ2) is 13.4. The van der Waals surface area contributed by atoms with E-state index in [1.54, 1.807) is 0 Å². The van der Waals surface area contributed by atoms with Gasteiger partial charge in [-0.1, -0.05) is 152 Å². The highest BCUT2D eigenvalue weighted by Crippen LogP contribution is 2.37. The Kier molecular flexibility index (Phi) is 8.03. The van der Waals surface area contributed by atoms with Gasteiger partial charge in [0.2, 0.25) is 0 Å². The van der Waals surface area contributed by atoms with E-state index in [0.717, 1.165) is 55.3 Å². The summed E-state index contributed by atoms with van der Waals surface area (Å²) < 4.78 is 6.47. The molecule has 1 aromatic heterocycles. The van der Waals surface area contributed by atoms with Crippen LogP contribution in [0.15, 0.2) is 195 Å². The SMILES string of the molecule is C=N/C(=N\C(=N/Cc1ccccc1)c1ccc(-c2cccc3ccccc23)cc1)c1cc(-c2ccc3ccccc3c2)cc2oc3ccccc3c12. The van der Waals surface area contributed by atoms with Gasteiger partial charge in [0.15, 0.2) is 11.7 Å². The minimum atomic E-state index is 0.469. The first-order valence-corrected chi connectivity index (χ1v) is 17.4. The van der Waals surface area contributed by atoms with E-state index in [4.69, 9.17) is 14.4 Å². The summed E-state index contributed by atoms with van der Waals surface area (Å²) in [5.41, 5.74) is 8.78. The number of para-hydroxylation sites is 1. The van der Waals surface area contributed by atoms with Crippen LogP contribution in [0.3, 0.4) is 0 Å². The third-order valence-electron chi connectivity index (χ3n) is 9.66. The lowest BCUT2D eigenvalue weighted by Gasteiger charge is -2.11. The van der Waals surface area contributed by atoms with Crippen molar-refractivity contribution in [1.82, 2.24) is 0 Å². The Bertz CT molecular complexity index is 2820. The summed E-state index contributed by atoms with van der Waals surface area (Å²) in [4.78, 5) is 14.9. The maximum atomic E-state index is 6.47. The highest BCUT2D eigenvalue weighted by molar-refractivity contribution is 6.22. The van der Waals surface area contributed by atoms with Crippen LogP contribution < -0.4 is 0 Å². The molecule has 52 heavy (non-hydrogen) atoms. The molecule has 0 spiro atoms. The van der Waals surface area contributed by atoms with Crippen LogP contribution in [0, 0.1) is 0 Å². The van der Waals surface area contributed by atoms with Crippen molar-refractivity contribution >= 4 is 61.9 Å². The molecule has 0 atom stereocenters. The predicted octanol–water partition coefficient (Wildman–Crippen LogP) is 12.3. The second-order valence-electron chi connectivity index (χ2n) is 12.9.